The lowest BCUT2D eigenvalue weighted by Crippen LogP contribution is -2.34. The van der Waals surface area contributed by atoms with Gasteiger partial charge in [-0.3, -0.25) is 9.59 Å². The fourth-order valence-corrected chi connectivity index (χ4v) is 3.01. The number of carbonyl (C=O) groups excluding carboxylic acids is 2. The number of halogens is 2. The molecular weight excluding hydrogens is 413 g/mol. The summed E-state index contributed by atoms with van der Waals surface area (Å²) in [6.07, 6.45) is 1.42. The fraction of sp³-hybridized carbons (Fsp3) is 0.100. The standard InChI is InChI=1S/C20H17Cl2N5O2/c1-13-17(19(22)27(26-13)16-8-3-2-4-9-16)11-24-25-18(28)12-23-20(29)14-6-5-7-15(21)10-14/h2-11H,12H2,1H3,(H,23,29)(H,25,28). The number of carbonyl (C=O) groups is 2. The minimum Gasteiger partial charge on any atom is -0.343 e. The normalized spacial score (nSPS) is 10.9. The molecule has 0 aliphatic heterocycles. The van der Waals surface area contributed by atoms with Crippen LogP contribution in [-0.2, 0) is 4.79 Å². The molecule has 7 nitrogen and oxygen atoms in total. The summed E-state index contributed by atoms with van der Waals surface area (Å²) < 4.78 is 1.59. The van der Waals surface area contributed by atoms with Crippen LogP contribution in [-0.4, -0.2) is 34.4 Å². The second-order valence-corrected chi connectivity index (χ2v) is 6.82. The highest BCUT2D eigenvalue weighted by Crippen LogP contribution is 2.21. The van der Waals surface area contributed by atoms with Crippen LogP contribution in [0.1, 0.15) is 21.6 Å². The Labute approximate surface area is 177 Å². The number of para-hydroxylation sites is 1. The van der Waals surface area contributed by atoms with Gasteiger partial charge in [0, 0.05) is 10.6 Å². The van der Waals surface area contributed by atoms with Crippen molar-refractivity contribution in [2.45, 2.75) is 6.92 Å². The Hall–Kier alpha value is -3.16. The Balaban J connectivity index is 1.58. The maximum atomic E-state index is 12.0. The zero-order valence-electron chi connectivity index (χ0n) is 15.4. The van der Waals surface area contributed by atoms with Crippen molar-refractivity contribution in [1.29, 1.82) is 0 Å². The predicted molar refractivity (Wildman–Crippen MR) is 113 cm³/mol. The van der Waals surface area contributed by atoms with E-state index in [9.17, 15) is 9.59 Å². The van der Waals surface area contributed by atoms with Crippen LogP contribution in [0.4, 0.5) is 0 Å². The van der Waals surface area contributed by atoms with Gasteiger partial charge < -0.3 is 5.32 Å². The van der Waals surface area contributed by atoms with Crippen LogP contribution in [0.3, 0.4) is 0 Å². The highest BCUT2D eigenvalue weighted by Gasteiger charge is 2.13. The number of hydrogen-bond donors (Lipinski definition) is 2. The maximum Gasteiger partial charge on any atom is 0.259 e. The quantitative estimate of drug-likeness (QED) is 0.464. The molecule has 0 saturated carbocycles. The summed E-state index contributed by atoms with van der Waals surface area (Å²) in [7, 11) is 0. The van der Waals surface area contributed by atoms with Crippen molar-refractivity contribution >= 4 is 41.2 Å². The van der Waals surface area contributed by atoms with Crippen molar-refractivity contribution in [1.82, 2.24) is 20.5 Å². The Morgan fingerprint density at radius 1 is 1.14 bits per heavy atom. The second-order valence-electron chi connectivity index (χ2n) is 6.02. The molecular formula is C20H17Cl2N5O2. The van der Waals surface area contributed by atoms with E-state index in [1.54, 1.807) is 29.8 Å². The molecule has 0 aliphatic carbocycles. The van der Waals surface area contributed by atoms with E-state index in [-0.39, 0.29) is 6.54 Å². The molecule has 0 radical (unpaired) electrons. The average molecular weight is 430 g/mol. The molecule has 0 unspecified atom stereocenters. The lowest BCUT2D eigenvalue weighted by Gasteiger charge is -2.04. The summed E-state index contributed by atoms with van der Waals surface area (Å²) in [6.45, 7) is 1.55. The van der Waals surface area contributed by atoms with Gasteiger partial charge in [-0.15, -0.1) is 0 Å². The Morgan fingerprint density at radius 3 is 2.62 bits per heavy atom. The van der Waals surface area contributed by atoms with Gasteiger partial charge in [-0.2, -0.15) is 10.2 Å². The number of hydrogen-bond acceptors (Lipinski definition) is 4. The SMILES string of the molecule is Cc1nn(-c2ccccc2)c(Cl)c1C=NNC(=O)CNC(=O)c1cccc(Cl)c1. The smallest absolute Gasteiger partial charge is 0.259 e. The molecule has 1 aromatic heterocycles. The third-order valence-corrected chi connectivity index (χ3v) is 4.53. The zero-order chi connectivity index (χ0) is 20.8. The third kappa shape index (κ3) is 5.22. The highest BCUT2D eigenvalue weighted by atomic mass is 35.5. The summed E-state index contributed by atoms with van der Waals surface area (Å²) in [4.78, 5) is 23.9. The van der Waals surface area contributed by atoms with Gasteiger partial charge in [0.15, 0.2) is 0 Å². The van der Waals surface area contributed by atoms with Crippen LogP contribution < -0.4 is 10.7 Å². The Morgan fingerprint density at radius 2 is 1.90 bits per heavy atom. The van der Waals surface area contributed by atoms with E-state index in [0.29, 0.717) is 27.0 Å². The van der Waals surface area contributed by atoms with Gasteiger partial charge >= 0.3 is 0 Å². The fourth-order valence-electron chi connectivity index (χ4n) is 2.50. The Kier molecular flexibility index (Phi) is 6.64. The first-order valence-corrected chi connectivity index (χ1v) is 9.37. The van der Waals surface area contributed by atoms with E-state index in [2.05, 4.69) is 20.9 Å². The number of nitrogens with zero attached hydrogens (tertiary/aromatic N) is 3. The van der Waals surface area contributed by atoms with E-state index in [4.69, 9.17) is 23.2 Å². The molecule has 0 spiro atoms. The predicted octanol–water partition coefficient (Wildman–Crippen LogP) is 3.37. The number of amides is 2. The highest BCUT2D eigenvalue weighted by molar-refractivity contribution is 6.32. The number of rotatable bonds is 6. The van der Waals surface area contributed by atoms with Crippen LogP contribution >= 0.6 is 23.2 Å². The second kappa shape index (κ2) is 9.36. The van der Waals surface area contributed by atoms with Crippen LogP contribution in [0.15, 0.2) is 59.7 Å². The lowest BCUT2D eigenvalue weighted by molar-refractivity contribution is -0.120. The number of aromatic nitrogens is 2. The first kappa shape index (κ1) is 20.6. The van der Waals surface area contributed by atoms with Crippen molar-refractivity contribution < 1.29 is 9.59 Å². The van der Waals surface area contributed by atoms with Crippen molar-refractivity contribution in [3.05, 3.63) is 81.6 Å². The summed E-state index contributed by atoms with van der Waals surface area (Å²) in [5.41, 5.74) is 4.77. The summed E-state index contributed by atoms with van der Waals surface area (Å²) in [6, 6.07) is 15.9. The largest absolute Gasteiger partial charge is 0.343 e. The van der Waals surface area contributed by atoms with Gasteiger partial charge in [0.1, 0.15) is 5.15 Å². The molecule has 3 rings (SSSR count). The molecule has 9 heteroatoms. The van der Waals surface area contributed by atoms with Gasteiger partial charge in [-0.25, -0.2) is 10.1 Å². The van der Waals surface area contributed by atoms with Crippen LogP contribution in [0.5, 0.6) is 0 Å². The van der Waals surface area contributed by atoms with Gasteiger partial charge in [0.05, 0.1) is 29.7 Å². The minimum atomic E-state index is -0.485. The number of aryl methyl sites for hydroxylation is 1. The summed E-state index contributed by atoms with van der Waals surface area (Å²) in [5, 5.41) is 11.6. The van der Waals surface area contributed by atoms with E-state index in [0.717, 1.165) is 5.69 Å². The molecule has 3 aromatic rings. The molecule has 2 N–H and O–H groups in total. The topological polar surface area (TPSA) is 88.4 Å². The van der Waals surface area contributed by atoms with Crippen LogP contribution in [0.25, 0.3) is 5.69 Å². The monoisotopic (exact) mass is 429 g/mol. The first-order chi connectivity index (χ1) is 14.0. The van der Waals surface area contributed by atoms with Gasteiger partial charge in [-0.1, -0.05) is 47.5 Å². The maximum absolute atomic E-state index is 12.0. The van der Waals surface area contributed by atoms with Crippen molar-refractivity contribution in [3.63, 3.8) is 0 Å². The van der Waals surface area contributed by atoms with Crippen molar-refractivity contribution in [2.75, 3.05) is 6.54 Å². The molecule has 148 valence electrons. The first-order valence-electron chi connectivity index (χ1n) is 8.62. The minimum absolute atomic E-state index is 0.237. The molecule has 0 saturated heterocycles. The van der Waals surface area contributed by atoms with E-state index < -0.39 is 11.8 Å². The number of nitrogens with one attached hydrogen (secondary N) is 2. The van der Waals surface area contributed by atoms with E-state index in [1.807, 2.05) is 30.3 Å². The molecule has 2 amide bonds. The molecule has 29 heavy (non-hydrogen) atoms. The van der Waals surface area contributed by atoms with Crippen molar-refractivity contribution in [3.8, 4) is 5.69 Å². The molecule has 0 atom stereocenters. The summed E-state index contributed by atoms with van der Waals surface area (Å²) in [5.74, 6) is -0.893. The zero-order valence-corrected chi connectivity index (χ0v) is 16.9. The molecule has 0 fully saturated rings. The van der Waals surface area contributed by atoms with E-state index >= 15 is 0 Å². The number of benzene rings is 2. The third-order valence-electron chi connectivity index (χ3n) is 3.93. The van der Waals surface area contributed by atoms with Gasteiger partial charge in [-0.05, 0) is 37.3 Å². The average Bonchev–Trinajstić information content (AvgIpc) is 3.01. The Bertz CT molecular complexity index is 1060. The van der Waals surface area contributed by atoms with Crippen LogP contribution in [0.2, 0.25) is 10.2 Å². The van der Waals surface area contributed by atoms with Crippen molar-refractivity contribution in [2.24, 2.45) is 5.10 Å². The molecule has 1 heterocycles. The summed E-state index contributed by atoms with van der Waals surface area (Å²) >= 11 is 12.2. The van der Waals surface area contributed by atoms with E-state index in [1.165, 1.54) is 12.3 Å². The molecule has 0 bridgehead atoms. The van der Waals surface area contributed by atoms with Crippen LogP contribution in [0, 0.1) is 6.92 Å². The lowest BCUT2D eigenvalue weighted by atomic mass is 10.2. The molecule has 0 aliphatic rings. The number of hydrazone groups is 1. The van der Waals surface area contributed by atoms with Gasteiger partial charge in [0.25, 0.3) is 11.8 Å². The van der Waals surface area contributed by atoms with Gasteiger partial charge in [0.2, 0.25) is 0 Å². The molecule has 2 aromatic carbocycles.